The number of H-pyrrole nitrogens is 1. The Hall–Kier alpha value is -1.91. The lowest BCUT2D eigenvalue weighted by atomic mass is 10.1. The van der Waals surface area contributed by atoms with Crippen LogP contribution in [0.3, 0.4) is 0 Å². The molecule has 2 aromatic heterocycles. The number of carbonyl (C=O) groups is 1. The number of alkyl halides is 2. The molecule has 0 radical (unpaired) electrons. The van der Waals surface area contributed by atoms with Gasteiger partial charge in [-0.1, -0.05) is 0 Å². The van der Waals surface area contributed by atoms with Gasteiger partial charge in [0.2, 0.25) is 0 Å². The molecule has 160 valence electrons. The molecule has 0 unspecified atom stereocenters. The van der Waals surface area contributed by atoms with Crippen molar-refractivity contribution in [1.82, 2.24) is 10.3 Å². The number of benzene rings is 1. The van der Waals surface area contributed by atoms with Crippen molar-refractivity contribution in [3.05, 3.63) is 66.4 Å². The SMILES string of the molecule is Cc1c[nH]c(CNC(=O)c2ccc3sc(C(F)(F)P(=O)(O)O)c(Br)c3c2)c(C)c1=O. The number of aromatic amines is 1. The smallest absolute Gasteiger partial charge is 0.363 e. The number of halogens is 3. The zero-order valence-corrected chi connectivity index (χ0v) is 18.9. The van der Waals surface area contributed by atoms with Crippen LogP contribution < -0.4 is 10.7 Å². The molecule has 3 aromatic rings. The van der Waals surface area contributed by atoms with Crippen LogP contribution in [0.2, 0.25) is 0 Å². The summed E-state index contributed by atoms with van der Waals surface area (Å²) in [4.78, 5) is 44.6. The first-order valence-electron chi connectivity index (χ1n) is 8.46. The molecule has 0 atom stereocenters. The molecule has 0 bridgehead atoms. The van der Waals surface area contributed by atoms with Gasteiger partial charge in [-0.05, 0) is 48.0 Å². The maximum atomic E-state index is 14.1. The molecule has 30 heavy (non-hydrogen) atoms. The van der Waals surface area contributed by atoms with E-state index in [0.29, 0.717) is 32.9 Å². The highest BCUT2D eigenvalue weighted by molar-refractivity contribution is 9.10. The van der Waals surface area contributed by atoms with Gasteiger partial charge in [0, 0.05) is 43.1 Å². The Labute approximate surface area is 181 Å². The van der Waals surface area contributed by atoms with Crippen molar-refractivity contribution in [3.63, 3.8) is 0 Å². The summed E-state index contributed by atoms with van der Waals surface area (Å²) in [7, 11) is -5.72. The van der Waals surface area contributed by atoms with Gasteiger partial charge in [0.1, 0.15) is 4.88 Å². The largest absolute Gasteiger partial charge is 0.400 e. The molecule has 2 heterocycles. The summed E-state index contributed by atoms with van der Waals surface area (Å²) >= 11 is 3.51. The van der Waals surface area contributed by atoms with Gasteiger partial charge in [0.25, 0.3) is 5.91 Å². The zero-order valence-electron chi connectivity index (χ0n) is 15.6. The fourth-order valence-corrected chi connectivity index (χ4v) is 5.71. The van der Waals surface area contributed by atoms with Crippen LogP contribution in [0.15, 0.2) is 33.7 Å². The number of hydrogen-bond acceptors (Lipinski definition) is 4. The third kappa shape index (κ3) is 4.00. The van der Waals surface area contributed by atoms with Gasteiger partial charge in [0.15, 0.2) is 5.43 Å². The van der Waals surface area contributed by atoms with Crippen LogP contribution in [0.1, 0.15) is 32.1 Å². The van der Waals surface area contributed by atoms with E-state index < -0.39 is 24.0 Å². The summed E-state index contributed by atoms with van der Waals surface area (Å²) in [6.07, 6.45) is 1.55. The number of amides is 1. The van der Waals surface area contributed by atoms with Crippen LogP contribution in [-0.4, -0.2) is 20.7 Å². The Morgan fingerprint density at radius 3 is 2.63 bits per heavy atom. The number of rotatable bonds is 5. The van der Waals surface area contributed by atoms with Gasteiger partial charge in [-0.3, -0.25) is 14.2 Å². The van der Waals surface area contributed by atoms with Crippen molar-refractivity contribution in [2.75, 3.05) is 0 Å². The van der Waals surface area contributed by atoms with E-state index >= 15 is 0 Å². The number of fused-ring (bicyclic) bond motifs is 1. The second kappa shape index (κ2) is 7.97. The molecule has 0 saturated heterocycles. The van der Waals surface area contributed by atoms with Crippen molar-refractivity contribution >= 4 is 50.9 Å². The predicted octanol–water partition coefficient (Wildman–Crippen LogP) is 4.13. The molecule has 12 heteroatoms. The number of hydrogen-bond donors (Lipinski definition) is 4. The molecule has 0 aliphatic rings. The first-order chi connectivity index (χ1) is 13.8. The topological polar surface area (TPSA) is 119 Å². The maximum Gasteiger partial charge on any atom is 0.400 e. The molecule has 1 aromatic carbocycles. The highest BCUT2D eigenvalue weighted by Crippen LogP contribution is 2.62. The van der Waals surface area contributed by atoms with Crippen LogP contribution in [0.4, 0.5) is 8.78 Å². The first-order valence-corrected chi connectivity index (χ1v) is 11.7. The molecule has 0 saturated carbocycles. The lowest BCUT2D eigenvalue weighted by Gasteiger charge is -2.16. The van der Waals surface area contributed by atoms with Crippen molar-refractivity contribution < 1.29 is 27.9 Å². The molecular formula is C18H16BrF2N2O5PS. The van der Waals surface area contributed by atoms with E-state index in [1.54, 1.807) is 20.0 Å². The van der Waals surface area contributed by atoms with E-state index in [2.05, 4.69) is 26.2 Å². The Morgan fingerprint density at radius 2 is 2.00 bits per heavy atom. The van der Waals surface area contributed by atoms with Gasteiger partial charge in [-0.15, -0.1) is 11.3 Å². The number of pyridine rings is 1. The fraction of sp³-hybridized carbons (Fsp3) is 0.222. The average molecular weight is 521 g/mol. The minimum Gasteiger partial charge on any atom is -0.363 e. The highest BCUT2D eigenvalue weighted by Gasteiger charge is 2.53. The summed E-state index contributed by atoms with van der Waals surface area (Å²) in [5, 5.41) is 2.89. The Morgan fingerprint density at radius 1 is 1.33 bits per heavy atom. The van der Waals surface area contributed by atoms with Gasteiger partial charge in [0.05, 0.1) is 6.54 Å². The summed E-state index contributed by atoms with van der Waals surface area (Å²) in [6, 6.07) is 4.21. The van der Waals surface area contributed by atoms with E-state index in [9.17, 15) is 22.9 Å². The molecular weight excluding hydrogens is 505 g/mol. The number of aromatic nitrogens is 1. The van der Waals surface area contributed by atoms with E-state index in [0.717, 1.165) is 0 Å². The predicted molar refractivity (Wildman–Crippen MR) is 113 cm³/mol. The zero-order chi connectivity index (χ0) is 22.4. The Kier molecular flexibility index (Phi) is 6.05. The monoisotopic (exact) mass is 520 g/mol. The van der Waals surface area contributed by atoms with Crippen LogP contribution in [0.25, 0.3) is 10.1 Å². The van der Waals surface area contributed by atoms with Crippen LogP contribution in [0, 0.1) is 13.8 Å². The second-order valence-electron chi connectivity index (χ2n) is 6.63. The van der Waals surface area contributed by atoms with Gasteiger partial charge >= 0.3 is 13.3 Å². The molecule has 4 N–H and O–H groups in total. The molecule has 0 spiro atoms. The number of aryl methyl sites for hydroxylation is 1. The minimum atomic E-state index is -5.72. The Balaban J connectivity index is 1.90. The van der Waals surface area contributed by atoms with Crippen molar-refractivity contribution in [2.45, 2.75) is 26.1 Å². The van der Waals surface area contributed by atoms with Crippen molar-refractivity contribution in [3.8, 4) is 0 Å². The van der Waals surface area contributed by atoms with Crippen LogP contribution >= 0.6 is 34.9 Å². The van der Waals surface area contributed by atoms with Crippen molar-refractivity contribution in [2.24, 2.45) is 0 Å². The average Bonchev–Trinajstić information content (AvgIpc) is 3.01. The number of thiophene rings is 1. The third-order valence-electron chi connectivity index (χ3n) is 4.57. The van der Waals surface area contributed by atoms with E-state index in [1.807, 2.05) is 0 Å². The minimum absolute atomic E-state index is 0.0601. The van der Waals surface area contributed by atoms with E-state index in [-0.39, 0.29) is 27.4 Å². The summed E-state index contributed by atoms with van der Waals surface area (Å²) in [6.45, 7) is 3.38. The molecule has 1 amide bonds. The van der Waals surface area contributed by atoms with E-state index in [1.165, 1.54) is 18.2 Å². The summed E-state index contributed by atoms with van der Waals surface area (Å²) < 4.78 is 39.6. The number of carbonyl (C=O) groups excluding carboxylic acids is 1. The van der Waals surface area contributed by atoms with E-state index in [4.69, 9.17) is 9.79 Å². The van der Waals surface area contributed by atoms with Gasteiger partial charge in [-0.2, -0.15) is 8.78 Å². The lowest BCUT2D eigenvalue weighted by Crippen LogP contribution is -2.25. The second-order valence-corrected chi connectivity index (χ2v) is 10.1. The lowest BCUT2D eigenvalue weighted by molar-refractivity contribution is 0.0595. The molecule has 0 aliphatic carbocycles. The Bertz CT molecular complexity index is 1270. The maximum absolute atomic E-state index is 14.1. The van der Waals surface area contributed by atoms with Crippen molar-refractivity contribution in [1.29, 1.82) is 0 Å². The summed E-state index contributed by atoms with van der Waals surface area (Å²) in [5.74, 6) is -0.501. The van der Waals surface area contributed by atoms with Crippen LogP contribution in [-0.2, 0) is 16.8 Å². The van der Waals surface area contributed by atoms with Crippen LogP contribution in [0.5, 0.6) is 0 Å². The number of nitrogens with one attached hydrogen (secondary N) is 2. The van der Waals surface area contributed by atoms with Gasteiger partial charge < -0.3 is 20.1 Å². The standard InChI is InChI=1S/C18H16BrF2N2O5PS/c1-8-6-22-12(9(2)15(8)24)7-23-17(25)10-3-4-13-11(5-10)14(19)16(30-13)18(20,21)29(26,27)28/h3-6H,7H2,1-2H3,(H,22,24)(H,23,25)(H2,26,27,28). The first kappa shape index (κ1) is 22.8. The molecule has 7 nitrogen and oxygen atoms in total. The highest BCUT2D eigenvalue weighted by atomic mass is 79.9. The van der Waals surface area contributed by atoms with Gasteiger partial charge in [-0.25, -0.2) is 0 Å². The third-order valence-corrected chi connectivity index (χ3v) is 8.00. The quantitative estimate of drug-likeness (QED) is 0.377. The molecule has 3 rings (SSSR count). The molecule has 0 aliphatic heterocycles. The molecule has 0 fully saturated rings. The fourth-order valence-electron chi connectivity index (χ4n) is 2.79. The summed E-state index contributed by atoms with van der Waals surface area (Å²) in [5.41, 5.74) is -2.74. The normalized spacial score (nSPS) is 12.4.